The molecule has 164 valence electrons. The monoisotopic (exact) mass is 438 g/mol. The fourth-order valence-corrected chi connectivity index (χ4v) is 4.27. The maximum absolute atomic E-state index is 12.9. The molecule has 1 N–H and O–H groups in total. The number of hydrogen-bond donors (Lipinski definition) is 1. The average molecular weight is 439 g/mol. The summed E-state index contributed by atoms with van der Waals surface area (Å²) in [5, 5.41) is 5.64. The van der Waals surface area contributed by atoms with Crippen LogP contribution in [0, 0.1) is 6.92 Å². The summed E-state index contributed by atoms with van der Waals surface area (Å²) in [4.78, 5) is 14.9. The number of fused-ring (bicyclic) bond motifs is 1. The Morgan fingerprint density at radius 2 is 1.84 bits per heavy atom. The number of carbonyl (C=O) groups is 1. The van der Waals surface area contributed by atoms with Crippen molar-refractivity contribution >= 4 is 34.9 Å². The number of nitrogens with zero attached hydrogens (tertiary/aromatic N) is 1. The zero-order valence-electron chi connectivity index (χ0n) is 18.2. The molecule has 1 fully saturated rings. The normalized spacial score (nSPS) is 17.1. The molecule has 0 aromatic heterocycles. The van der Waals surface area contributed by atoms with Crippen molar-refractivity contribution in [2.24, 2.45) is 0 Å². The van der Waals surface area contributed by atoms with Crippen LogP contribution in [0.2, 0.25) is 0 Å². The maximum atomic E-state index is 12.9. The Morgan fingerprint density at radius 1 is 1.10 bits per heavy atom. The summed E-state index contributed by atoms with van der Waals surface area (Å²) >= 11 is 0. The molecule has 1 saturated heterocycles. The second kappa shape index (κ2) is 10.7. The predicted octanol–water partition coefficient (Wildman–Crippen LogP) is 6.39. The lowest BCUT2D eigenvalue weighted by atomic mass is 9.90. The van der Waals surface area contributed by atoms with Crippen molar-refractivity contribution in [1.82, 2.24) is 4.90 Å². The number of halogens is 1. The second-order valence-corrected chi connectivity index (χ2v) is 8.27. The minimum absolute atomic E-state index is 0. The molecule has 4 nitrogen and oxygen atoms in total. The number of carbonyl (C=O) groups excluding carboxylic acids is 1. The molecule has 1 aliphatic heterocycles. The summed E-state index contributed by atoms with van der Waals surface area (Å²) in [6.07, 6.45) is 1.93. The molecule has 2 atom stereocenters. The molecule has 2 amide bonds. The maximum Gasteiger partial charge on any atom is 0.322 e. The smallest absolute Gasteiger partial charge is 0.322 e. The predicted molar refractivity (Wildman–Crippen MR) is 130 cm³/mol. The summed E-state index contributed by atoms with van der Waals surface area (Å²) in [6, 6.07) is 23.1. The third-order valence-electron chi connectivity index (χ3n) is 6.08. The van der Waals surface area contributed by atoms with Crippen molar-refractivity contribution in [2.75, 3.05) is 25.1 Å². The van der Waals surface area contributed by atoms with Gasteiger partial charge < -0.3 is 15.0 Å². The van der Waals surface area contributed by atoms with Crippen LogP contribution < -0.4 is 5.32 Å². The second-order valence-electron chi connectivity index (χ2n) is 8.27. The largest absolute Gasteiger partial charge is 0.377 e. The number of urea groups is 1. The molecule has 5 heteroatoms. The molecule has 3 aromatic carbocycles. The van der Waals surface area contributed by atoms with Crippen LogP contribution >= 0.6 is 12.4 Å². The number of hydrogen-bond acceptors (Lipinski definition) is 2. The molecule has 0 radical (unpaired) electrons. The molecule has 0 bridgehead atoms. The van der Waals surface area contributed by atoms with Gasteiger partial charge in [0.1, 0.15) is 0 Å². The van der Waals surface area contributed by atoms with Gasteiger partial charge >= 0.3 is 6.03 Å². The van der Waals surface area contributed by atoms with Crippen LogP contribution in [0.1, 0.15) is 36.8 Å². The minimum atomic E-state index is -0.0371. The highest BCUT2D eigenvalue weighted by molar-refractivity contribution is 5.89. The number of benzene rings is 3. The Labute approximate surface area is 191 Å². The van der Waals surface area contributed by atoms with E-state index >= 15 is 0 Å². The van der Waals surface area contributed by atoms with Crippen LogP contribution in [0.25, 0.3) is 10.8 Å². The lowest BCUT2D eigenvalue weighted by Gasteiger charge is -2.36. The molecule has 31 heavy (non-hydrogen) atoms. The van der Waals surface area contributed by atoms with E-state index in [1.54, 1.807) is 0 Å². The summed E-state index contributed by atoms with van der Waals surface area (Å²) in [7, 11) is 0. The third-order valence-corrected chi connectivity index (χ3v) is 6.08. The first kappa shape index (κ1) is 23.1. The SMILES string of the molecule is Cc1ccc(NC(=O)N2CCOCC2CC[C@H](C)c2cccc3ccccc23)cc1.Cl. The summed E-state index contributed by atoms with van der Waals surface area (Å²) in [6.45, 7) is 6.15. The Morgan fingerprint density at radius 3 is 2.65 bits per heavy atom. The van der Waals surface area contributed by atoms with E-state index in [0.29, 0.717) is 25.7 Å². The van der Waals surface area contributed by atoms with Crippen LogP contribution in [-0.2, 0) is 4.74 Å². The Bertz CT molecular complexity index is 1000. The van der Waals surface area contributed by atoms with Crippen molar-refractivity contribution in [2.45, 2.75) is 38.6 Å². The van der Waals surface area contributed by atoms with Gasteiger partial charge in [-0.2, -0.15) is 0 Å². The van der Waals surface area contributed by atoms with E-state index in [2.05, 4.69) is 54.7 Å². The molecule has 0 aliphatic carbocycles. The Hall–Kier alpha value is -2.56. The molecular formula is C26H31ClN2O2. The number of anilines is 1. The average Bonchev–Trinajstić information content (AvgIpc) is 2.78. The number of ether oxygens (including phenoxy) is 1. The van der Waals surface area contributed by atoms with Crippen molar-refractivity contribution in [1.29, 1.82) is 0 Å². The van der Waals surface area contributed by atoms with Crippen molar-refractivity contribution in [3.8, 4) is 0 Å². The quantitative estimate of drug-likeness (QED) is 0.501. The van der Waals surface area contributed by atoms with Crippen molar-refractivity contribution in [3.05, 3.63) is 77.9 Å². The lowest BCUT2D eigenvalue weighted by Crippen LogP contribution is -2.50. The van der Waals surface area contributed by atoms with Crippen LogP contribution in [0.4, 0.5) is 10.5 Å². The van der Waals surface area contributed by atoms with E-state index in [9.17, 15) is 4.79 Å². The summed E-state index contributed by atoms with van der Waals surface area (Å²) in [5.41, 5.74) is 3.39. The zero-order valence-corrected chi connectivity index (χ0v) is 19.0. The molecule has 3 aromatic rings. The molecular weight excluding hydrogens is 408 g/mol. The van der Waals surface area contributed by atoms with Crippen LogP contribution in [0.5, 0.6) is 0 Å². The van der Waals surface area contributed by atoms with Gasteiger partial charge in [0.15, 0.2) is 0 Å². The van der Waals surface area contributed by atoms with Gasteiger partial charge in [-0.25, -0.2) is 4.79 Å². The zero-order chi connectivity index (χ0) is 20.9. The lowest BCUT2D eigenvalue weighted by molar-refractivity contribution is 0.0115. The van der Waals surface area contributed by atoms with Gasteiger partial charge in [0.2, 0.25) is 0 Å². The first-order valence-corrected chi connectivity index (χ1v) is 10.8. The highest BCUT2D eigenvalue weighted by Crippen LogP contribution is 2.30. The standard InChI is InChI=1S/C26H30N2O2.ClH/c1-19-10-13-22(14-11-19)27-26(29)28-16-17-30-18-23(28)15-12-20(2)24-9-5-7-21-6-3-4-8-25(21)24;/h3-11,13-14,20,23H,12,15-18H2,1-2H3,(H,27,29);1H/t20-,23?;/m0./s1. The van der Waals surface area contributed by atoms with Gasteiger partial charge in [0.05, 0.1) is 19.3 Å². The fraction of sp³-hybridized carbons (Fsp3) is 0.346. The molecule has 1 unspecified atom stereocenters. The number of amides is 2. The summed E-state index contributed by atoms with van der Waals surface area (Å²) in [5.74, 6) is 0.417. The Balaban J connectivity index is 0.00000272. The van der Waals surface area contributed by atoms with Gasteiger partial charge in [-0.3, -0.25) is 0 Å². The first-order valence-electron chi connectivity index (χ1n) is 10.8. The molecule has 0 spiro atoms. The topological polar surface area (TPSA) is 41.6 Å². The van der Waals surface area contributed by atoms with Crippen molar-refractivity contribution in [3.63, 3.8) is 0 Å². The van der Waals surface area contributed by atoms with Crippen LogP contribution in [0.15, 0.2) is 66.7 Å². The number of rotatable bonds is 5. The number of aryl methyl sites for hydroxylation is 1. The van der Waals surface area contributed by atoms with E-state index in [-0.39, 0.29) is 24.5 Å². The van der Waals surface area contributed by atoms with Crippen molar-refractivity contribution < 1.29 is 9.53 Å². The van der Waals surface area contributed by atoms with E-state index in [1.165, 1.54) is 21.9 Å². The summed E-state index contributed by atoms with van der Waals surface area (Å²) < 4.78 is 5.72. The van der Waals surface area contributed by atoms with Gasteiger partial charge in [-0.05, 0) is 54.2 Å². The van der Waals surface area contributed by atoms with Gasteiger partial charge in [0.25, 0.3) is 0 Å². The van der Waals surface area contributed by atoms with Gasteiger partial charge in [0, 0.05) is 12.2 Å². The molecule has 4 rings (SSSR count). The molecule has 1 aliphatic rings. The Kier molecular flexibility index (Phi) is 7.94. The molecule has 0 saturated carbocycles. The van der Waals surface area contributed by atoms with Gasteiger partial charge in [-0.1, -0.05) is 67.1 Å². The minimum Gasteiger partial charge on any atom is -0.377 e. The van der Waals surface area contributed by atoms with E-state index < -0.39 is 0 Å². The highest BCUT2D eigenvalue weighted by Gasteiger charge is 2.28. The van der Waals surface area contributed by atoms with Crippen LogP contribution in [-0.4, -0.2) is 36.7 Å². The van der Waals surface area contributed by atoms with Crippen LogP contribution in [0.3, 0.4) is 0 Å². The third kappa shape index (κ3) is 5.57. The van der Waals surface area contributed by atoms with Gasteiger partial charge in [-0.15, -0.1) is 12.4 Å². The van der Waals surface area contributed by atoms with E-state index in [1.807, 2.05) is 36.1 Å². The highest BCUT2D eigenvalue weighted by atomic mass is 35.5. The van der Waals surface area contributed by atoms with E-state index in [0.717, 1.165) is 18.5 Å². The molecule has 1 heterocycles. The number of nitrogens with one attached hydrogen (secondary N) is 1. The van der Waals surface area contributed by atoms with E-state index in [4.69, 9.17) is 4.74 Å². The fourth-order valence-electron chi connectivity index (χ4n) is 4.27. The number of morpholine rings is 1. The first-order chi connectivity index (χ1) is 14.6.